The highest BCUT2D eigenvalue weighted by molar-refractivity contribution is 6.32. The SMILES string of the molecule is CCOC(=O)Cc1ccc(N/C(CC)=C2/C(=O)Nc3cc(OC)c(OC)cc32)cc1. The van der Waals surface area contributed by atoms with Gasteiger partial charge in [-0.25, -0.2) is 0 Å². The molecule has 1 heterocycles. The smallest absolute Gasteiger partial charge is 0.310 e. The summed E-state index contributed by atoms with van der Waals surface area (Å²) in [6.45, 7) is 4.14. The molecule has 0 aliphatic carbocycles. The highest BCUT2D eigenvalue weighted by Crippen LogP contribution is 2.42. The largest absolute Gasteiger partial charge is 0.493 e. The Hall–Kier alpha value is -3.48. The molecule has 7 nitrogen and oxygen atoms in total. The number of hydrogen-bond donors (Lipinski definition) is 2. The van der Waals surface area contributed by atoms with E-state index in [0.29, 0.717) is 35.8 Å². The maximum absolute atomic E-state index is 12.7. The predicted octanol–water partition coefficient (Wildman–Crippen LogP) is 3.99. The molecule has 0 fully saturated rings. The molecule has 158 valence electrons. The van der Waals surface area contributed by atoms with Crippen LogP contribution in [0.1, 0.15) is 31.4 Å². The Balaban J connectivity index is 1.89. The van der Waals surface area contributed by atoms with Crippen molar-refractivity contribution in [2.45, 2.75) is 26.7 Å². The summed E-state index contributed by atoms with van der Waals surface area (Å²) in [6.07, 6.45) is 0.856. The second-order valence-corrected chi connectivity index (χ2v) is 6.72. The summed E-state index contributed by atoms with van der Waals surface area (Å²) in [5.74, 6) is 0.687. The van der Waals surface area contributed by atoms with Gasteiger partial charge in [0.05, 0.1) is 38.5 Å². The summed E-state index contributed by atoms with van der Waals surface area (Å²) >= 11 is 0. The van der Waals surface area contributed by atoms with E-state index in [-0.39, 0.29) is 18.3 Å². The number of fused-ring (bicyclic) bond motifs is 1. The molecule has 2 N–H and O–H groups in total. The van der Waals surface area contributed by atoms with E-state index >= 15 is 0 Å². The first kappa shape index (κ1) is 21.2. The van der Waals surface area contributed by atoms with Gasteiger partial charge in [0.15, 0.2) is 11.5 Å². The van der Waals surface area contributed by atoms with E-state index in [4.69, 9.17) is 14.2 Å². The molecule has 7 heteroatoms. The number of carbonyl (C=O) groups is 2. The van der Waals surface area contributed by atoms with Crippen molar-refractivity contribution in [1.82, 2.24) is 0 Å². The van der Waals surface area contributed by atoms with E-state index < -0.39 is 0 Å². The molecule has 2 aromatic rings. The third-order valence-corrected chi connectivity index (χ3v) is 4.83. The fourth-order valence-electron chi connectivity index (χ4n) is 3.38. The maximum atomic E-state index is 12.7. The van der Waals surface area contributed by atoms with Crippen LogP contribution in [0.25, 0.3) is 5.57 Å². The highest BCUT2D eigenvalue weighted by Gasteiger charge is 2.29. The Morgan fingerprint density at radius 3 is 2.30 bits per heavy atom. The molecule has 0 saturated carbocycles. The topological polar surface area (TPSA) is 85.9 Å². The summed E-state index contributed by atoms with van der Waals surface area (Å²) in [5.41, 5.74) is 4.51. The maximum Gasteiger partial charge on any atom is 0.310 e. The van der Waals surface area contributed by atoms with E-state index in [9.17, 15) is 9.59 Å². The monoisotopic (exact) mass is 410 g/mol. The molecule has 1 amide bonds. The summed E-state index contributed by atoms with van der Waals surface area (Å²) < 4.78 is 15.7. The number of ether oxygens (including phenoxy) is 3. The second-order valence-electron chi connectivity index (χ2n) is 6.72. The number of amides is 1. The van der Waals surface area contributed by atoms with Crippen LogP contribution in [0.2, 0.25) is 0 Å². The molecule has 0 spiro atoms. The lowest BCUT2D eigenvalue weighted by Crippen LogP contribution is -2.10. The van der Waals surface area contributed by atoms with Crippen molar-refractivity contribution in [1.29, 1.82) is 0 Å². The van der Waals surface area contributed by atoms with Gasteiger partial charge in [-0.15, -0.1) is 0 Å². The Kier molecular flexibility index (Phi) is 6.61. The molecule has 0 bridgehead atoms. The van der Waals surface area contributed by atoms with Crippen molar-refractivity contribution < 1.29 is 23.8 Å². The van der Waals surface area contributed by atoms with Crippen molar-refractivity contribution in [3.05, 3.63) is 53.2 Å². The molecule has 0 atom stereocenters. The fourth-order valence-corrected chi connectivity index (χ4v) is 3.38. The summed E-state index contributed by atoms with van der Waals surface area (Å²) in [7, 11) is 3.12. The number of nitrogens with one attached hydrogen (secondary N) is 2. The van der Waals surface area contributed by atoms with Crippen LogP contribution in [-0.2, 0) is 20.7 Å². The van der Waals surface area contributed by atoms with Crippen LogP contribution in [0.3, 0.4) is 0 Å². The van der Waals surface area contributed by atoms with Crippen LogP contribution in [0.15, 0.2) is 42.1 Å². The number of hydrogen-bond acceptors (Lipinski definition) is 6. The van der Waals surface area contributed by atoms with Gasteiger partial charge in [0.2, 0.25) is 0 Å². The summed E-state index contributed by atoms with van der Waals surface area (Å²) in [4.78, 5) is 24.4. The molecule has 1 aliphatic rings. The minimum Gasteiger partial charge on any atom is -0.493 e. The number of esters is 1. The molecular weight excluding hydrogens is 384 g/mol. The van der Waals surface area contributed by atoms with Crippen LogP contribution in [0, 0.1) is 0 Å². The average Bonchev–Trinajstić information content (AvgIpc) is 3.06. The van der Waals surface area contributed by atoms with Gasteiger partial charge < -0.3 is 24.8 Å². The van der Waals surface area contributed by atoms with Gasteiger partial charge in [0, 0.05) is 23.0 Å². The second kappa shape index (κ2) is 9.35. The van der Waals surface area contributed by atoms with Gasteiger partial charge in [-0.2, -0.15) is 0 Å². The van der Waals surface area contributed by atoms with Gasteiger partial charge in [0.25, 0.3) is 5.91 Å². The summed E-state index contributed by atoms with van der Waals surface area (Å²) in [6, 6.07) is 11.1. The van der Waals surface area contributed by atoms with E-state index in [2.05, 4.69) is 10.6 Å². The molecule has 0 saturated heterocycles. The van der Waals surface area contributed by atoms with E-state index in [1.807, 2.05) is 31.2 Å². The molecule has 0 radical (unpaired) electrons. The van der Waals surface area contributed by atoms with Crippen molar-refractivity contribution in [2.75, 3.05) is 31.5 Å². The third-order valence-electron chi connectivity index (χ3n) is 4.83. The Morgan fingerprint density at radius 2 is 1.70 bits per heavy atom. The molecule has 2 aromatic carbocycles. The van der Waals surface area contributed by atoms with Crippen LogP contribution >= 0.6 is 0 Å². The molecular formula is C23H26N2O5. The number of rotatable bonds is 8. The van der Waals surface area contributed by atoms with E-state index in [0.717, 1.165) is 22.5 Å². The van der Waals surface area contributed by atoms with Gasteiger partial charge in [-0.3, -0.25) is 9.59 Å². The molecule has 0 aromatic heterocycles. The van der Waals surface area contributed by atoms with E-state index in [1.54, 1.807) is 33.3 Å². The number of carbonyl (C=O) groups excluding carboxylic acids is 2. The van der Waals surface area contributed by atoms with E-state index in [1.165, 1.54) is 0 Å². The molecule has 1 aliphatic heterocycles. The zero-order valence-electron chi connectivity index (χ0n) is 17.6. The zero-order valence-corrected chi connectivity index (χ0v) is 17.6. The van der Waals surface area contributed by atoms with Crippen LogP contribution < -0.4 is 20.1 Å². The minimum atomic E-state index is -0.252. The lowest BCUT2D eigenvalue weighted by molar-refractivity contribution is -0.142. The first-order valence-electron chi connectivity index (χ1n) is 9.83. The van der Waals surface area contributed by atoms with Crippen LogP contribution in [-0.4, -0.2) is 32.7 Å². The lowest BCUT2D eigenvalue weighted by Gasteiger charge is -2.14. The van der Waals surface area contributed by atoms with Gasteiger partial charge in [0.1, 0.15) is 0 Å². The Bertz CT molecular complexity index is 980. The van der Waals surface area contributed by atoms with Crippen molar-refractivity contribution >= 4 is 28.8 Å². The van der Waals surface area contributed by atoms with Gasteiger partial charge in [-0.1, -0.05) is 19.1 Å². The Labute approximate surface area is 176 Å². The Morgan fingerprint density at radius 1 is 1.03 bits per heavy atom. The zero-order chi connectivity index (χ0) is 21.7. The molecule has 30 heavy (non-hydrogen) atoms. The number of benzene rings is 2. The number of allylic oxidation sites excluding steroid dienone is 1. The minimum absolute atomic E-state index is 0.177. The van der Waals surface area contributed by atoms with Crippen molar-refractivity contribution in [2.24, 2.45) is 0 Å². The third kappa shape index (κ3) is 4.40. The number of anilines is 2. The first-order chi connectivity index (χ1) is 14.5. The quantitative estimate of drug-likeness (QED) is 0.505. The summed E-state index contributed by atoms with van der Waals surface area (Å²) in [5, 5.41) is 6.24. The normalized spacial score (nSPS) is 13.9. The highest BCUT2D eigenvalue weighted by atomic mass is 16.5. The fraction of sp³-hybridized carbons (Fsp3) is 0.304. The lowest BCUT2D eigenvalue weighted by atomic mass is 10.0. The van der Waals surface area contributed by atoms with Crippen molar-refractivity contribution in [3.63, 3.8) is 0 Å². The van der Waals surface area contributed by atoms with Gasteiger partial charge in [-0.05, 0) is 37.1 Å². The van der Waals surface area contributed by atoms with Crippen LogP contribution in [0.4, 0.5) is 11.4 Å². The predicted molar refractivity (Wildman–Crippen MR) is 116 cm³/mol. The first-order valence-corrected chi connectivity index (χ1v) is 9.83. The van der Waals surface area contributed by atoms with Gasteiger partial charge >= 0.3 is 5.97 Å². The van der Waals surface area contributed by atoms with Crippen LogP contribution in [0.5, 0.6) is 11.5 Å². The number of methoxy groups -OCH3 is 2. The average molecular weight is 410 g/mol. The molecule has 0 unspecified atom stereocenters. The standard InChI is InChI=1S/C23H26N2O5/c1-5-17(24-15-9-7-14(8-10-15)11-21(26)30-6-2)22-16-12-19(28-3)20(29-4)13-18(16)25-23(22)27/h7-10,12-13,24H,5-6,11H2,1-4H3,(H,25,27)/b22-17+. The van der Waals surface area contributed by atoms with Crippen molar-refractivity contribution in [3.8, 4) is 11.5 Å². The molecule has 3 rings (SSSR count).